The first-order valence-electron chi connectivity index (χ1n) is 4.48. The van der Waals surface area contributed by atoms with E-state index in [4.69, 9.17) is 5.73 Å². The largest absolute Gasteiger partial charge is 0.328 e. The standard InChI is InChI=1S/C8H14N2O2S/c9-6-3-8(4-6)10-7-1-2-13(11,12)5-7/h1-2,6-8,10H,3-5,9H2. The SMILES string of the molecule is NC1CC(NC2C=CS(=O)(=O)C2)C1. The van der Waals surface area contributed by atoms with Crippen molar-refractivity contribution in [1.82, 2.24) is 5.32 Å². The highest BCUT2D eigenvalue weighted by molar-refractivity contribution is 7.94. The summed E-state index contributed by atoms with van der Waals surface area (Å²) in [5.41, 5.74) is 5.62. The van der Waals surface area contributed by atoms with Crippen molar-refractivity contribution in [1.29, 1.82) is 0 Å². The normalized spacial score (nSPS) is 41.8. The van der Waals surface area contributed by atoms with E-state index in [-0.39, 0.29) is 11.8 Å². The molecule has 13 heavy (non-hydrogen) atoms. The van der Waals surface area contributed by atoms with Crippen LogP contribution in [0.1, 0.15) is 12.8 Å². The van der Waals surface area contributed by atoms with Crippen LogP contribution in [0.3, 0.4) is 0 Å². The molecule has 1 heterocycles. The van der Waals surface area contributed by atoms with E-state index in [1.54, 1.807) is 6.08 Å². The number of hydrogen-bond acceptors (Lipinski definition) is 4. The maximum Gasteiger partial charge on any atom is 0.173 e. The molecular formula is C8H14N2O2S. The highest BCUT2D eigenvalue weighted by Crippen LogP contribution is 2.19. The molecule has 2 aliphatic rings. The molecule has 0 saturated heterocycles. The highest BCUT2D eigenvalue weighted by Gasteiger charge is 2.30. The van der Waals surface area contributed by atoms with Gasteiger partial charge in [0.2, 0.25) is 0 Å². The fraction of sp³-hybridized carbons (Fsp3) is 0.750. The van der Waals surface area contributed by atoms with Crippen LogP contribution in [-0.4, -0.2) is 32.3 Å². The number of hydrogen-bond donors (Lipinski definition) is 2. The number of rotatable bonds is 2. The zero-order chi connectivity index (χ0) is 9.47. The average Bonchev–Trinajstić information content (AvgIpc) is 2.27. The van der Waals surface area contributed by atoms with Crippen molar-refractivity contribution in [3.63, 3.8) is 0 Å². The lowest BCUT2D eigenvalue weighted by Gasteiger charge is -2.34. The van der Waals surface area contributed by atoms with E-state index < -0.39 is 9.84 Å². The van der Waals surface area contributed by atoms with E-state index in [1.165, 1.54) is 5.41 Å². The monoisotopic (exact) mass is 202 g/mol. The van der Waals surface area contributed by atoms with E-state index in [9.17, 15) is 8.42 Å². The molecule has 0 aromatic heterocycles. The van der Waals surface area contributed by atoms with Crippen LogP contribution in [0.5, 0.6) is 0 Å². The fourth-order valence-corrected chi connectivity index (χ4v) is 3.03. The summed E-state index contributed by atoms with van der Waals surface area (Å²) in [5.74, 6) is 0.207. The summed E-state index contributed by atoms with van der Waals surface area (Å²) in [6.45, 7) is 0. The van der Waals surface area contributed by atoms with Gasteiger partial charge in [-0.1, -0.05) is 6.08 Å². The predicted octanol–water partition coefficient (Wildman–Crippen LogP) is -0.624. The van der Waals surface area contributed by atoms with Crippen molar-refractivity contribution < 1.29 is 8.42 Å². The first-order chi connectivity index (χ1) is 6.05. The lowest BCUT2D eigenvalue weighted by molar-refractivity contribution is 0.284. The van der Waals surface area contributed by atoms with Crippen LogP contribution in [0.15, 0.2) is 11.5 Å². The van der Waals surface area contributed by atoms with Gasteiger partial charge >= 0.3 is 0 Å². The quantitative estimate of drug-likeness (QED) is 0.626. The summed E-state index contributed by atoms with van der Waals surface area (Å²) >= 11 is 0. The topological polar surface area (TPSA) is 72.2 Å². The molecule has 0 radical (unpaired) electrons. The average molecular weight is 202 g/mol. The number of sulfone groups is 1. The molecule has 1 saturated carbocycles. The second kappa shape index (κ2) is 3.08. The molecule has 0 aromatic carbocycles. The van der Waals surface area contributed by atoms with E-state index in [0.29, 0.717) is 12.1 Å². The van der Waals surface area contributed by atoms with E-state index in [2.05, 4.69) is 5.32 Å². The Balaban J connectivity index is 1.83. The smallest absolute Gasteiger partial charge is 0.173 e. The molecular weight excluding hydrogens is 188 g/mol. The molecule has 1 atom stereocenters. The summed E-state index contributed by atoms with van der Waals surface area (Å²) < 4.78 is 22.1. The second-order valence-corrected chi connectivity index (χ2v) is 5.79. The van der Waals surface area contributed by atoms with E-state index >= 15 is 0 Å². The van der Waals surface area contributed by atoms with E-state index in [0.717, 1.165) is 12.8 Å². The molecule has 1 fully saturated rings. The minimum Gasteiger partial charge on any atom is -0.328 e. The molecule has 1 aliphatic heterocycles. The van der Waals surface area contributed by atoms with Gasteiger partial charge in [-0.05, 0) is 12.8 Å². The lowest BCUT2D eigenvalue weighted by atomic mass is 9.87. The zero-order valence-corrected chi connectivity index (χ0v) is 8.13. The zero-order valence-electron chi connectivity index (χ0n) is 7.31. The molecule has 1 aliphatic carbocycles. The van der Waals surface area contributed by atoms with Crippen LogP contribution < -0.4 is 11.1 Å². The first-order valence-corrected chi connectivity index (χ1v) is 6.19. The summed E-state index contributed by atoms with van der Waals surface area (Å²) in [7, 11) is -2.91. The molecule has 0 amide bonds. The van der Waals surface area contributed by atoms with Gasteiger partial charge in [0.1, 0.15) is 0 Å². The minimum atomic E-state index is -2.91. The number of nitrogens with two attached hydrogens (primary N) is 1. The summed E-state index contributed by atoms with van der Waals surface area (Å²) in [6.07, 6.45) is 3.65. The van der Waals surface area contributed by atoms with Crippen LogP contribution in [0, 0.1) is 0 Å². The first kappa shape index (κ1) is 9.18. The molecule has 5 heteroatoms. The number of nitrogens with one attached hydrogen (secondary N) is 1. The minimum absolute atomic E-state index is 0.00231. The van der Waals surface area contributed by atoms with Gasteiger partial charge in [0.05, 0.1) is 5.75 Å². The predicted molar refractivity (Wildman–Crippen MR) is 50.8 cm³/mol. The Morgan fingerprint density at radius 3 is 2.54 bits per heavy atom. The van der Waals surface area contributed by atoms with Crippen LogP contribution in [0.2, 0.25) is 0 Å². The van der Waals surface area contributed by atoms with Crippen molar-refractivity contribution in [3.05, 3.63) is 11.5 Å². The fourth-order valence-electron chi connectivity index (χ4n) is 1.78. The molecule has 1 unspecified atom stereocenters. The van der Waals surface area contributed by atoms with Crippen molar-refractivity contribution in [2.45, 2.75) is 31.0 Å². The van der Waals surface area contributed by atoms with Crippen molar-refractivity contribution >= 4 is 9.84 Å². The van der Waals surface area contributed by atoms with Crippen LogP contribution in [-0.2, 0) is 9.84 Å². The molecule has 0 spiro atoms. The summed E-state index contributed by atoms with van der Waals surface area (Å²) in [5, 5.41) is 4.55. The van der Waals surface area contributed by atoms with Gasteiger partial charge in [-0.3, -0.25) is 0 Å². The van der Waals surface area contributed by atoms with Crippen LogP contribution in [0.4, 0.5) is 0 Å². The van der Waals surface area contributed by atoms with Gasteiger partial charge in [0, 0.05) is 23.5 Å². The Labute approximate surface area is 78.1 Å². The van der Waals surface area contributed by atoms with Gasteiger partial charge < -0.3 is 11.1 Å². The van der Waals surface area contributed by atoms with Gasteiger partial charge in [-0.2, -0.15) is 0 Å². The summed E-state index contributed by atoms with van der Waals surface area (Å²) in [4.78, 5) is 0. The van der Waals surface area contributed by atoms with Crippen molar-refractivity contribution in [2.75, 3.05) is 5.75 Å². The van der Waals surface area contributed by atoms with Gasteiger partial charge in [-0.25, -0.2) is 8.42 Å². The molecule has 3 N–H and O–H groups in total. The Bertz CT molecular complexity index is 317. The maximum atomic E-state index is 11.0. The maximum absolute atomic E-state index is 11.0. The summed E-state index contributed by atoms with van der Waals surface area (Å²) in [6, 6.07) is 0.722. The van der Waals surface area contributed by atoms with Gasteiger partial charge in [0.15, 0.2) is 9.84 Å². The molecule has 2 rings (SSSR count). The molecule has 4 nitrogen and oxygen atoms in total. The Hall–Kier alpha value is -0.390. The highest BCUT2D eigenvalue weighted by atomic mass is 32.2. The Morgan fingerprint density at radius 2 is 2.08 bits per heavy atom. The van der Waals surface area contributed by atoms with Crippen molar-refractivity contribution in [2.24, 2.45) is 5.73 Å². The Morgan fingerprint density at radius 1 is 1.38 bits per heavy atom. The lowest BCUT2D eigenvalue weighted by Crippen LogP contribution is -2.51. The third kappa shape index (κ3) is 2.10. The molecule has 74 valence electrons. The van der Waals surface area contributed by atoms with Crippen LogP contribution >= 0.6 is 0 Å². The molecule has 0 bridgehead atoms. The second-order valence-electron chi connectivity index (χ2n) is 3.86. The Kier molecular flexibility index (Phi) is 2.17. The van der Waals surface area contributed by atoms with E-state index in [1.807, 2.05) is 0 Å². The van der Waals surface area contributed by atoms with Crippen LogP contribution in [0.25, 0.3) is 0 Å². The van der Waals surface area contributed by atoms with Gasteiger partial charge in [-0.15, -0.1) is 0 Å². The third-order valence-corrected chi connectivity index (χ3v) is 3.95. The third-order valence-electron chi connectivity index (χ3n) is 2.55. The van der Waals surface area contributed by atoms with Gasteiger partial charge in [0.25, 0.3) is 0 Å². The molecule has 0 aromatic rings. The van der Waals surface area contributed by atoms with Crippen molar-refractivity contribution in [3.8, 4) is 0 Å².